The number of benzene rings is 1. The van der Waals surface area contributed by atoms with Crippen LogP contribution in [-0.4, -0.2) is 19.0 Å². The van der Waals surface area contributed by atoms with Crippen molar-refractivity contribution in [3.8, 4) is 0 Å². The largest absolute Gasteiger partial charge is 0.324 e. The Balaban J connectivity index is 1.79. The molecule has 1 amide bonds. The Bertz CT molecular complexity index is 419. The van der Waals surface area contributed by atoms with Gasteiger partial charge in [-0.2, -0.15) is 0 Å². The summed E-state index contributed by atoms with van der Waals surface area (Å²) in [5.41, 5.74) is 0.798. The minimum absolute atomic E-state index is 0.00586. The van der Waals surface area contributed by atoms with Gasteiger partial charge in [0.2, 0.25) is 5.91 Å². The second kappa shape index (κ2) is 5.98. The molecule has 1 fully saturated rings. The predicted molar refractivity (Wildman–Crippen MR) is 76.1 cm³/mol. The summed E-state index contributed by atoms with van der Waals surface area (Å²) in [6, 6.07) is 5.68. The number of hydrogen-bond acceptors (Lipinski definition) is 2. The predicted octanol–water partition coefficient (Wildman–Crippen LogP) is 3.15. The minimum atomic E-state index is -0.00586. The third-order valence-corrected chi connectivity index (χ3v) is 3.77. The number of carbonyl (C=O) groups is 1. The van der Waals surface area contributed by atoms with Crippen molar-refractivity contribution < 1.29 is 4.79 Å². The Hall–Kier alpha value is -0.390. The molecular formula is C12H14Br2N2O. The topological polar surface area (TPSA) is 41.1 Å². The summed E-state index contributed by atoms with van der Waals surface area (Å²) >= 11 is 6.78. The lowest BCUT2D eigenvalue weighted by Crippen LogP contribution is -2.29. The zero-order chi connectivity index (χ0) is 12.3. The summed E-state index contributed by atoms with van der Waals surface area (Å²) in [5, 5.41) is 6.02. The molecule has 0 bridgehead atoms. The number of halogens is 2. The molecule has 0 aliphatic heterocycles. The Morgan fingerprint density at radius 1 is 1.35 bits per heavy atom. The summed E-state index contributed by atoms with van der Waals surface area (Å²) in [4.78, 5) is 11.6. The van der Waals surface area contributed by atoms with Crippen molar-refractivity contribution in [1.82, 2.24) is 5.32 Å². The first-order chi connectivity index (χ1) is 8.15. The van der Waals surface area contributed by atoms with Crippen molar-refractivity contribution in [2.24, 2.45) is 5.92 Å². The normalized spacial score (nSPS) is 14.7. The molecule has 0 unspecified atom stereocenters. The van der Waals surface area contributed by atoms with E-state index >= 15 is 0 Å². The molecule has 5 heteroatoms. The molecule has 1 aliphatic carbocycles. The van der Waals surface area contributed by atoms with Crippen LogP contribution in [0, 0.1) is 5.92 Å². The summed E-state index contributed by atoms with van der Waals surface area (Å²) < 4.78 is 1.86. The van der Waals surface area contributed by atoms with E-state index in [0.29, 0.717) is 6.54 Å². The van der Waals surface area contributed by atoms with Gasteiger partial charge in [-0.05, 0) is 59.4 Å². The quantitative estimate of drug-likeness (QED) is 0.845. The molecule has 0 aromatic heterocycles. The van der Waals surface area contributed by atoms with Crippen LogP contribution in [0.1, 0.15) is 12.8 Å². The molecule has 0 atom stereocenters. The van der Waals surface area contributed by atoms with Crippen LogP contribution in [0.4, 0.5) is 5.69 Å². The van der Waals surface area contributed by atoms with E-state index in [1.807, 2.05) is 18.2 Å². The van der Waals surface area contributed by atoms with E-state index in [4.69, 9.17) is 0 Å². The Morgan fingerprint density at radius 3 is 2.76 bits per heavy atom. The maximum absolute atomic E-state index is 11.6. The first-order valence-electron chi connectivity index (χ1n) is 5.61. The smallest absolute Gasteiger partial charge is 0.238 e. The van der Waals surface area contributed by atoms with Crippen molar-refractivity contribution in [3.05, 3.63) is 27.1 Å². The van der Waals surface area contributed by atoms with Crippen molar-refractivity contribution in [3.63, 3.8) is 0 Å². The summed E-state index contributed by atoms with van der Waals surface area (Å²) in [6.45, 7) is 1.33. The van der Waals surface area contributed by atoms with E-state index < -0.39 is 0 Å². The average molecular weight is 362 g/mol. The molecule has 2 rings (SSSR count). The van der Waals surface area contributed by atoms with Gasteiger partial charge >= 0.3 is 0 Å². The lowest BCUT2D eigenvalue weighted by molar-refractivity contribution is -0.115. The second-order valence-corrected chi connectivity index (χ2v) is 6.02. The van der Waals surface area contributed by atoms with Crippen LogP contribution in [-0.2, 0) is 4.79 Å². The number of nitrogens with one attached hydrogen (secondary N) is 2. The standard InChI is InChI=1S/C12H14Br2N2O/c13-9-3-4-11(10(14)5-9)16-12(17)7-15-6-8-1-2-8/h3-5,8,15H,1-2,6-7H2,(H,16,17). The molecule has 1 saturated carbocycles. The van der Waals surface area contributed by atoms with Crippen LogP contribution in [0.3, 0.4) is 0 Å². The third kappa shape index (κ3) is 4.41. The fraction of sp³-hybridized carbons (Fsp3) is 0.417. The average Bonchev–Trinajstić information content (AvgIpc) is 3.06. The summed E-state index contributed by atoms with van der Waals surface area (Å²) in [6.07, 6.45) is 2.60. The molecule has 92 valence electrons. The van der Waals surface area contributed by atoms with Crippen LogP contribution in [0.15, 0.2) is 27.1 Å². The molecule has 17 heavy (non-hydrogen) atoms. The van der Waals surface area contributed by atoms with Crippen molar-refractivity contribution >= 4 is 43.5 Å². The van der Waals surface area contributed by atoms with Crippen LogP contribution in [0.25, 0.3) is 0 Å². The van der Waals surface area contributed by atoms with Crippen LogP contribution in [0.5, 0.6) is 0 Å². The van der Waals surface area contributed by atoms with Gasteiger partial charge in [-0.15, -0.1) is 0 Å². The molecule has 0 radical (unpaired) electrons. The minimum Gasteiger partial charge on any atom is -0.324 e. The maximum Gasteiger partial charge on any atom is 0.238 e. The van der Waals surface area contributed by atoms with Gasteiger partial charge in [0.05, 0.1) is 12.2 Å². The first-order valence-corrected chi connectivity index (χ1v) is 7.19. The SMILES string of the molecule is O=C(CNCC1CC1)Nc1ccc(Br)cc1Br. The zero-order valence-electron chi connectivity index (χ0n) is 9.30. The van der Waals surface area contributed by atoms with E-state index in [9.17, 15) is 4.79 Å². The summed E-state index contributed by atoms with van der Waals surface area (Å²) in [5.74, 6) is 0.788. The van der Waals surface area contributed by atoms with E-state index in [1.165, 1.54) is 12.8 Å². The Kier molecular flexibility index (Phi) is 4.59. The molecule has 1 aromatic carbocycles. The van der Waals surface area contributed by atoms with Crippen LogP contribution < -0.4 is 10.6 Å². The number of amides is 1. The Labute approximate surface area is 118 Å². The van der Waals surface area contributed by atoms with Gasteiger partial charge < -0.3 is 10.6 Å². The van der Waals surface area contributed by atoms with E-state index in [-0.39, 0.29) is 5.91 Å². The van der Waals surface area contributed by atoms with Crippen molar-refractivity contribution in [2.45, 2.75) is 12.8 Å². The third-order valence-electron chi connectivity index (χ3n) is 2.62. The zero-order valence-corrected chi connectivity index (χ0v) is 12.5. The highest BCUT2D eigenvalue weighted by molar-refractivity contribution is 9.11. The molecular weight excluding hydrogens is 348 g/mol. The highest BCUT2D eigenvalue weighted by atomic mass is 79.9. The van der Waals surface area contributed by atoms with Gasteiger partial charge in [0, 0.05) is 8.95 Å². The summed E-state index contributed by atoms with van der Waals surface area (Å²) in [7, 11) is 0. The van der Waals surface area contributed by atoms with E-state index in [2.05, 4.69) is 42.5 Å². The van der Waals surface area contributed by atoms with Crippen molar-refractivity contribution in [1.29, 1.82) is 0 Å². The van der Waals surface area contributed by atoms with Gasteiger partial charge in [-0.3, -0.25) is 4.79 Å². The molecule has 2 N–H and O–H groups in total. The van der Waals surface area contributed by atoms with Crippen LogP contribution >= 0.6 is 31.9 Å². The molecule has 1 aromatic rings. The second-order valence-electron chi connectivity index (χ2n) is 4.25. The molecule has 1 aliphatic rings. The highest BCUT2D eigenvalue weighted by Gasteiger charge is 2.20. The van der Waals surface area contributed by atoms with Gasteiger partial charge in [0.15, 0.2) is 0 Å². The number of carbonyl (C=O) groups excluding carboxylic acids is 1. The highest BCUT2D eigenvalue weighted by Crippen LogP contribution is 2.27. The lowest BCUT2D eigenvalue weighted by Gasteiger charge is -2.08. The van der Waals surface area contributed by atoms with Gasteiger partial charge in [0.1, 0.15) is 0 Å². The monoisotopic (exact) mass is 360 g/mol. The van der Waals surface area contributed by atoms with Gasteiger partial charge in [-0.1, -0.05) is 15.9 Å². The Morgan fingerprint density at radius 2 is 2.12 bits per heavy atom. The molecule has 0 spiro atoms. The number of anilines is 1. The number of rotatable bonds is 5. The van der Waals surface area contributed by atoms with E-state index in [1.54, 1.807) is 0 Å². The maximum atomic E-state index is 11.6. The fourth-order valence-corrected chi connectivity index (χ4v) is 2.64. The first kappa shape index (κ1) is 13.1. The van der Waals surface area contributed by atoms with Gasteiger partial charge in [-0.25, -0.2) is 0 Å². The van der Waals surface area contributed by atoms with Gasteiger partial charge in [0.25, 0.3) is 0 Å². The lowest BCUT2D eigenvalue weighted by atomic mass is 10.3. The van der Waals surface area contributed by atoms with Crippen molar-refractivity contribution in [2.75, 3.05) is 18.4 Å². The van der Waals surface area contributed by atoms with Crippen LogP contribution in [0.2, 0.25) is 0 Å². The molecule has 0 heterocycles. The molecule has 3 nitrogen and oxygen atoms in total. The molecule has 0 saturated heterocycles. The fourth-order valence-electron chi connectivity index (χ4n) is 1.50. The number of hydrogen-bond donors (Lipinski definition) is 2. The van der Waals surface area contributed by atoms with E-state index in [0.717, 1.165) is 27.1 Å².